The SMILES string of the molecule is Cc1nc2c(nc1C)C(C13CC(C(F)(F)F)(C1)C3)=NC(C1C[C@@H](C)O[C@@H](c3ccc(=O)n(C)c3)C1)N2. The third kappa shape index (κ3) is 3.43. The lowest BCUT2D eigenvalue weighted by atomic mass is 9.33. The predicted molar refractivity (Wildman–Crippen MR) is 128 cm³/mol. The van der Waals surface area contributed by atoms with Gasteiger partial charge in [-0.3, -0.25) is 9.79 Å². The Bertz CT molecular complexity index is 1310. The second kappa shape index (κ2) is 7.63. The Morgan fingerprint density at radius 2 is 1.81 bits per heavy atom. The van der Waals surface area contributed by atoms with Crippen molar-refractivity contribution < 1.29 is 17.9 Å². The summed E-state index contributed by atoms with van der Waals surface area (Å²) < 4.78 is 48.7. The van der Waals surface area contributed by atoms with Gasteiger partial charge in [0.05, 0.1) is 34.7 Å². The highest BCUT2D eigenvalue weighted by Gasteiger charge is 2.80. The Morgan fingerprint density at radius 1 is 1.11 bits per heavy atom. The molecule has 3 saturated carbocycles. The summed E-state index contributed by atoms with van der Waals surface area (Å²) in [6.07, 6.45) is -1.30. The van der Waals surface area contributed by atoms with Crippen LogP contribution < -0.4 is 10.9 Å². The summed E-state index contributed by atoms with van der Waals surface area (Å²) in [5.41, 5.74) is 1.52. The van der Waals surface area contributed by atoms with E-state index in [2.05, 4.69) is 5.32 Å². The van der Waals surface area contributed by atoms with Crippen molar-refractivity contribution in [3.63, 3.8) is 0 Å². The zero-order valence-corrected chi connectivity index (χ0v) is 20.8. The molecule has 2 unspecified atom stereocenters. The molecule has 5 aliphatic rings. The number of aliphatic imine (C=N–C) groups is 1. The molecular formula is C26H30F3N5O2. The van der Waals surface area contributed by atoms with Crippen molar-refractivity contribution in [2.45, 2.75) is 77.4 Å². The molecule has 0 amide bonds. The van der Waals surface area contributed by atoms with Gasteiger partial charge in [0, 0.05) is 30.6 Å². The maximum absolute atomic E-state index is 13.6. The van der Waals surface area contributed by atoms with Crippen molar-refractivity contribution in [3.8, 4) is 0 Å². The molecule has 0 radical (unpaired) electrons. The normalized spacial score (nSPS) is 35.1. The lowest BCUT2D eigenvalue weighted by molar-refractivity contribution is -0.342. The molecule has 1 saturated heterocycles. The number of hydrogen-bond acceptors (Lipinski definition) is 6. The monoisotopic (exact) mass is 501 g/mol. The van der Waals surface area contributed by atoms with Crippen molar-refractivity contribution in [2.75, 3.05) is 5.32 Å². The van der Waals surface area contributed by atoms with Gasteiger partial charge in [0.15, 0.2) is 5.82 Å². The summed E-state index contributed by atoms with van der Waals surface area (Å²) in [5.74, 6) is 0.683. The molecule has 10 heteroatoms. The quantitative estimate of drug-likeness (QED) is 0.664. The first-order valence-electron chi connectivity index (χ1n) is 12.5. The van der Waals surface area contributed by atoms with Crippen LogP contribution in [0.1, 0.15) is 67.8 Å². The fraction of sp³-hybridized carbons (Fsp3) is 0.615. The van der Waals surface area contributed by atoms with Crippen molar-refractivity contribution in [1.29, 1.82) is 0 Å². The number of nitrogens with zero attached hydrogens (tertiary/aromatic N) is 4. The Hall–Kier alpha value is -2.75. The van der Waals surface area contributed by atoms with Crippen LogP contribution in [0, 0.1) is 30.6 Å². The summed E-state index contributed by atoms with van der Waals surface area (Å²) in [4.78, 5) is 26.4. The van der Waals surface area contributed by atoms with Gasteiger partial charge in [0.2, 0.25) is 5.56 Å². The number of ether oxygens (including phenoxy) is 1. The van der Waals surface area contributed by atoms with Crippen LogP contribution in [0.5, 0.6) is 0 Å². The maximum Gasteiger partial charge on any atom is 0.394 e. The van der Waals surface area contributed by atoms with E-state index in [1.54, 1.807) is 19.3 Å². The molecule has 4 atom stereocenters. The van der Waals surface area contributed by atoms with Gasteiger partial charge in [-0.15, -0.1) is 0 Å². The number of anilines is 1. The minimum Gasteiger partial charge on any atom is -0.371 e. The number of fused-ring (bicyclic) bond motifs is 1. The van der Waals surface area contributed by atoms with Gasteiger partial charge in [-0.05, 0) is 64.5 Å². The van der Waals surface area contributed by atoms with Gasteiger partial charge < -0.3 is 14.6 Å². The average Bonchev–Trinajstić information content (AvgIpc) is 2.73. The van der Waals surface area contributed by atoms with Gasteiger partial charge >= 0.3 is 6.18 Å². The number of rotatable bonds is 3. The van der Waals surface area contributed by atoms with Crippen LogP contribution in [0.4, 0.5) is 19.0 Å². The summed E-state index contributed by atoms with van der Waals surface area (Å²) in [6.45, 7) is 5.77. The Kier molecular flexibility index (Phi) is 5.01. The molecule has 2 aromatic heterocycles. The number of nitrogens with one attached hydrogen (secondary N) is 1. The first-order chi connectivity index (χ1) is 16.9. The highest BCUT2D eigenvalue weighted by molar-refractivity contribution is 6.09. The van der Waals surface area contributed by atoms with Crippen LogP contribution in [0.2, 0.25) is 0 Å². The Morgan fingerprint density at radius 3 is 2.47 bits per heavy atom. The summed E-state index contributed by atoms with van der Waals surface area (Å²) in [5, 5.41) is 3.46. The predicted octanol–water partition coefficient (Wildman–Crippen LogP) is 4.62. The first-order valence-corrected chi connectivity index (χ1v) is 12.5. The average molecular weight is 502 g/mol. The lowest BCUT2D eigenvalue weighted by Crippen LogP contribution is -2.71. The fourth-order valence-corrected chi connectivity index (χ4v) is 6.66. The third-order valence-corrected chi connectivity index (χ3v) is 8.69. The molecule has 0 spiro atoms. The van der Waals surface area contributed by atoms with Crippen LogP contribution in [0.25, 0.3) is 0 Å². The molecule has 192 valence electrons. The molecule has 1 N–H and O–H groups in total. The zero-order valence-electron chi connectivity index (χ0n) is 20.8. The minimum absolute atomic E-state index is 0.0397. The molecule has 2 aromatic rings. The fourth-order valence-electron chi connectivity index (χ4n) is 6.66. The van der Waals surface area contributed by atoms with E-state index in [1.807, 2.05) is 20.8 Å². The molecule has 2 aliphatic heterocycles. The molecule has 36 heavy (non-hydrogen) atoms. The first kappa shape index (κ1) is 23.6. The topological polar surface area (TPSA) is 81.4 Å². The van der Waals surface area contributed by atoms with Crippen molar-refractivity contribution in [3.05, 3.63) is 51.3 Å². The van der Waals surface area contributed by atoms with Crippen molar-refractivity contribution in [2.24, 2.45) is 28.8 Å². The largest absolute Gasteiger partial charge is 0.394 e. The smallest absolute Gasteiger partial charge is 0.371 e. The van der Waals surface area contributed by atoms with Crippen molar-refractivity contribution in [1.82, 2.24) is 14.5 Å². The van der Waals surface area contributed by atoms with Crippen LogP contribution in [-0.2, 0) is 11.8 Å². The number of halogens is 3. The zero-order chi connectivity index (χ0) is 25.6. The van der Waals surface area contributed by atoms with E-state index in [9.17, 15) is 18.0 Å². The van der Waals surface area contributed by atoms with Crippen LogP contribution in [-0.4, -0.2) is 38.7 Å². The van der Waals surface area contributed by atoms with E-state index in [1.165, 1.54) is 10.6 Å². The second-order valence-electron chi connectivity index (χ2n) is 11.3. The number of hydrogen-bond donors (Lipinski definition) is 1. The van der Waals surface area contributed by atoms with Gasteiger partial charge in [-0.1, -0.05) is 0 Å². The number of alkyl halides is 3. The summed E-state index contributed by atoms with van der Waals surface area (Å²) >= 11 is 0. The van der Waals surface area contributed by atoms with E-state index >= 15 is 0 Å². The van der Waals surface area contributed by atoms with Crippen LogP contribution >= 0.6 is 0 Å². The highest BCUT2D eigenvalue weighted by atomic mass is 19.4. The molecule has 0 aromatic carbocycles. The van der Waals surface area contributed by atoms with E-state index in [-0.39, 0.29) is 49.1 Å². The lowest BCUT2D eigenvalue weighted by Gasteiger charge is -2.70. The van der Waals surface area contributed by atoms with Crippen LogP contribution in [0.3, 0.4) is 0 Å². The van der Waals surface area contributed by atoms with E-state index < -0.39 is 17.0 Å². The Balaban J connectivity index is 1.34. The minimum atomic E-state index is -4.18. The van der Waals surface area contributed by atoms with E-state index in [4.69, 9.17) is 19.7 Å². The number of aryl methyl sites for hydroxylation is 3. The molecule has 3 aliphatic carbocycles. The van der Waals surface area contributed by atoms with Gasteiger partial charge in [-0.25, -0.2) is 9.97 Å². The highest BCUT2D eigenvalue weighted by Crippen LogP contribution is 2.79. The van der Waals surface area contributed by atoms with Gasteiger partial charge in [0.1, 0.15) is 11.9 Å². The molecular weight excluding hydrogens is 471 g/mol. The summed E-state index contributed by atoms with van der Waals surface area (Å²) in [6, 6.07) is 3.34. The second-order valence-corrected chi connectivity index (χ2v) is 11.3. The maximum atomic E-state index is 13.6. The molecule has 4 heterocycles. The standard InChI is InChI=1S/C26H30F3N5O2/c1-13-7-17(8-18(36-13)16-5-6-19(35)34(4)9-16)22-32-21(20-23(33-22)31-15(3)14(2)30-20)24-10-25(11-24,12-24)26(27,28)29/h5-6,9,13,17-18,22H,7-8,10-12H2,1-4H3,(H,31,33)/t13-,17?,18-,22?,24?,25?/m1/s1. The number of aromatic nitrogens is 3. The Labute approximate surface area is 207 Å². The molecule has 4 fully saturated rings. The van der Waals surface area contributed by atoms with Crippen molar-refractivity contribution >= 4 is 11.5 Å². The van der Waals surface area contributed by atoms with E-state index in [0.29, 0.717) is 23.6 Å². The van der Waals surface area contributed by atoms with E-state index in [0.717, 1.165) is 23.4 Å². The van der Waals surface area contributed by atoms with Gasteiger partial charge in [-0.2, -0.15) is 13.2 Å². The molecule has 7 nitrogen and oxygen atoms in total. The number of pyridine rings is 1. The molecule has 2 bridgehead atoms. The summed E-state index contributed by atoms with van der Waals surface area (Å²) in [7, 11) is 1.71. The van der Waals surface area contributed by atoms with Crippen LogP contribution in [0.15, 0.2) is 28.1 Å². The molecule has 7 rings (SSSR count). The van der Waals surface area contributed by atoms with Gasteiger partial charge in [0.25, 0.3) is 0 Å². The third-order valence-electron chi connectivity index (χ3n) is 8.69.